The second-order valence-electron chi connectivity index (χ2n) is 9.07. The van der Waals surface area contributed by atoms with Gasteiger partial charge in [-0.3, -0.25) is 0 Å². The molecule has 1 aliphatic rings. The number of nitrogens with one attached hydrogen (secondary N) is 1. The van der Waals surface area contributed by atoms with Gasteiger partial charge in [0.15, 0.2) is 0 Å². The summed E-state index contributed by atoms with van der Waals surface area (Å²) >= 11 is 0. The number of halogens is 3. The van der Waals surface area contributed by atoms with Gasteiger partial charge in [-0.15, -0.1) is 0 Å². The van der Waals surface area contributed by atoms with Crippen LogP contribution >= 0.6 is 0 Å². The maximum atomic E-state index is 13.6. The van der Waals surface area contributed by atoms with Crippen molar-refractivity contribution in [3.8, 4) is 0 Å². The Labute approximate surface area is 197 Å². The lowest BCUT2D eigenvalue weighted by Crippen LogP contribution is -2.41. The molecule has 2 aromatic carbocycles. The molecule has 1 aliphatic heterocycles. The molecule has 3 N–H and O–H groups in total. The highest BCUT2D eigenvalue weighted by Crippen LogP contribution is 2.40. The zero-order valence-electron chi connectivity index (χ0n) is 19.5. The number of ether oxygens (including phenoxy) is 1. The van der Waals surface area contributed by atoms with E-state index in [-0.39, 0.29) is 29.9 Å². The van der Waals surface area contributed by atoms with Crippen LogP contribution in [0.2, 0.25) is 0 Å². The van der Waals surface area contributed by atoms with E-state index >= 15 is 0 Å². The van der Waals surface area contributed by atoms with Gasteiger partial charge in [0.2, 0.25) is 0 Å². The van der Waals surface area contributed by atoms with Crippen molar-refractivity contribution in [2.45, 2.75) is 51.7 Å². The van der Waals surface area contributed by atoms with Gasteiger partial charge in [-0.25, -0.2) is 4.79 Å². The third-order valence-corrected chi connectivity index (χ3v) is 5.93. The van der Waals surface area contributed by atoms with Crippen LogP contribution in [0.4, 0.5) is 23.7 Å². The maximum absolute atomic E-state index is 13.6. The molecule has 1 fully saturated rings. The van der Waals surface area contributed by atoms with Crippen LogP contribution in [0, 0.1) is 0 Å². The number of alkyl carbamates (subject to hydrolysis) is 1. The van der Waals surface area contributed by atoms with Crippen LogP contribution in [0.1, 0.15) is 44.4 Å². The van der Waals surface area contributed by atoms with Crippen LogP contribution in [0.15, 0.2) is 54.0 Å². The molecule has 0 radical (unpaired) electrons. The number of rotatable bonds is 6. The van der Waals surface area contributed by atoms with E-state index in [1.54, 1.807) is 0 Å². The van der Waals surface area contributed by atoms with Gasteiger partial charge in [-0.05, 0) is 62.5 Å². The molecule has 0 bridgehead atoms. The first-order chi connectivity index (χ1) is 15.8. The first kappa shape index (κ1) is 25.6. The minimum atomic E-state index is -4.59. The number of carbonyl (C=O) groups is 1. The standard InChI is InChI=1S/C24H28BF3N2O4/c1-22(2)23(3,4)34-25(33-22)18(12-17-13-19(29)10-11-20(17)24(26,27)28)14-30-21(31)32-15-16-8-6-5-7-9-16/h5-13H,14-15,29H2,1-4H3,(H,30,31). The molecule has 1 amide bonds. The van der Waals surface area contributed by atoms with E-state index in [0.29, 0.717) is 0 Å². The van der Waals surface area contributed by atoms with Crippen molar-refractivity contribution >= 4 is 25.0 Å². The smallest absolute Gasteiger partial charge is 0.445 e. The lowest BCUT2D eigenvalue weighted by atomic mass is 9.76. The second-order valence-corrected chi connectivity index (χ2v) is 9.07. The van der Waals surface area contributed by atoms with Gasteiger partial charge in [0.1, 0.15) is 6.61 Å². The van der Waals surface area contributed by atoms with E-state index in [1.807, 2.05) is 58.0 Å². The summed E-state index contributed by atoms with van der Waals surface area (Å²) in [4.78, 5) is 12.3. The summed E-state index contributed by atoms with van der Waals surface area (Å²) in [7, 11) is -0.984. The quantitative estimate of drug-likeness (QED) is 0.441. The van der Waals surface area contributed by atoms with E-state index in [2.05, 4.69) is 5.32 Å². The van der Waals surface area contributed by atoms with Gasteiger partial charge in [0, 0.05) is 12.2 Å². The fraction of sp³-hybridized carbons (Fsp3) is 0.375. The molecule has 0 unspecified atom stereocenters. The number of nitrogens with two attached hydrogens (primary N) is 1. The molecule has 10 heteroatoms. The SMILES string of the molecule is CC1(C)OB(C(=Cc2cc(N)ccc2C(F)(F)F)CNC(=O)OCc2ccccc2)OC1(C)C. The Kier molecular flexibility index (Phi) is 7.33. The summed E-state index contributed by atoms with van der Waals surface area (Å²) in [6.45, 7) is 7.20. The van der Waals surface area contributed by atoms with Crippen LogP contribution < -0.4 is 11.1 Å². The Bertz CT molecular complexity index is 1040. The summed E-state index contributed by atoms with van der Waals surface area (Å²) < 4.78 is 58.1. The first-order valence-corrected chi connectivity index (χ1v) is 10.8. The number of amides is 1. The maximum Gasteiger partial charge on any atom is 0.492 e. The van der Waals surface area contributed by atoms with Crippen molar-refractivity contribution in [2.24, 2.45) is 0 Å². The van der Waals surface area contributed by atoms with Gasteiger partial charge < -0.3 is 25.1 Å². The Morgan fingerprint density at radius 2 is 1.71 bits per heavy atom. The largest absolute Gasteiger partial charge is 0.492 e. The van der Waals surface area contributed by atoms with Crippen LogP contribution in [0.25, 0.3) is 6.08 Å². The molecule has 2 aromatic rings. The zero-order valence-corrected chi connectivity index (χ0v) is 19.5. The summed E-state index contributed by atoms with van der Waals surface area (Å²) in [5, 5.41) is 2.58. The average Bonchev–Trinajstić information content (AvgIpc) is 2.96. The van der Waals surface area contributed by atoms with Crippen molar-refractivity contribution in [1.29, 1.82) is 0 Å². The van der Waals surface area contributed by atoms with Crippen LogP contribution in [-0.4, -0.2) is 31.0 Å². The zero-order chi connectivity index (χ0) is 25.1. The average molecular weight is 476 g/mol. The predicted octanol–water partition coefficient (Wildman–Crippen LogP) is 5.23. The lowest BCUT2D eigenvalue weighted by molar-refractivity contribution is -0.137. The van der Waals surface area contributed by atoms with E-state index in [9.17, 15) is 18.0 Å². The highest BCUT2D eigenvalue weighted by molar-refractivity contribution is 6.56. The van der Waals surface area contributed by atoms with Gasteiger partial charge in [-0.2, -0.15) is 13.2 Å². The van der Waals surface area contributed by atoms with E-state index in [4.69, 9.17) is 19.8 Å². The Morgan fingerprint density at radius 1 is 1.09 bits per heavy atom. The van der Waals surface area contributed by atoms with E-state index in [0.717, 1.165) is 11.6 Å². The summed E-state index contributed by atoms with van der Waals surface area (Å²) in [6.07, 6.45) is -4.03. The summed E-state index contributed by atoms with van der Waals surface area (Å²) in [6, 6.07) is 12.4. The Balaban J connectivity index is 1.85. The fourth-order valence-electron chi connectivity index (χ4n) is 3.30. The molecule has 6 nitrogen and oxygen atoms in total. The van der Waals surface area contributed by atoms with Gasteiger partial charge in [0.05, 0.1) is 16.8 Å². The first-order valence-electron chi connectivity index (χ1n) is 10.8. The third-order valence-electron chi connectivity index (χ3n) is 5.93. The van der Waals surface area contributed by atoms with Gasteiger partial charge >= 0.3 is 19.4 Å². The minimum absolute atomic E-state index is 0.0512. The molecule has 34 heavy (non-hydrogen) atoms. The molecular formula is C24H28BF3N2O4. The highest BCUT2D eigenvalue weighted by Gasteiger charge is 2.52. The minimum Gasteiger partial charge on any atom is -0.445 e. The number of hydrogen-bond donors (Lipinski definition) is 2. The molecule has 0 spiro atoms. The molecule has 0 aliphatic carbocycles. The molecule has 1 saturated heterocycles. The summed E-state index contributed by atoms with van der Waals surface area (Å²) in [5.41, 5.74) is 4.53. The van der Waals surface area contributed by atoms with Crippen LogP contribution in [-0.2, 0) is 26.8 Å². The predicted molar refractivity (Wildman–Crippen MR) is 125 cm³/mol. The lowest BCUT2D eigenvalue weighted by Gasteiger charge is -2.32. The fourth-order valence-corrected chi connectivity index (χ4v) is 3.30. The molecule has 0 aromatic heterocycles. The van der Waals surface area contributed by atoms with Crippen molar-refractivity contribution in [3.05, 3.63) is 70.7 Å². The van der Waals surface area contributed by atoms with E-state index in [1.165, 1.54) is 18.2 Å². The van der Waals surface area contributed by atoms with Crippen LogP contribution in [0.3, 0.4) is 0 Å². The number of hydrogen-bond acceptors (Lipinski definition) is 5. The Hall–Kier alpha value is -2.98. The normalized spacial score (nSPS) is 17.5. The highest BCUT2D eigenvalue weighted by atomic mass is 19.4. The topological polar surface area (TPSA) is 82.8 Å². The summed E-state index contributed by atoms with van der Waals surface area (Å²) in [5.74, 6) is 0. The number of alkyl halides is 3. The molecule has 1 heterocycles. The number of nitrogen functional groups attached to an aromatic ring is 1. The molecule has 182 valence electrons. The monoisotopic (exact) mass is 476 g/mol. The second kappa shape index (κ2) is 9.72. The van der Waals surface area contributed by atoms with Gasteiger partial charge in [-0.1, -0.05) is 36.4 Å². The van der Waals surface area contributed by atoms with Crippen LogP contribution in [0.5, 0.6) is 0 Å². The van der Waals surface area contributed by atoms with Crippen molar-refractivity contribution in [3.63, 3.8) is 0 Å². The van der Waals surface area contributed by atoms with Crippen molar-refractivity contribution < 1.29 is 32.0 Å². The molecule has 0 saturated carbocycles. The van der Waals surface area contributed by atoms with Crippen molar-refractivity contribution in [1.82, 2.24) is 5.32 Å². The molecule has 0 atom stereocenters. The van der Waals surface area contributed by atoms with Gasteiger partial charge in [0.25, 0.3) is 0 Å². The number of carbonyl (C=O) groups excluding carboxylic acids is 1. The molecule has 3 rings (SSSR count). The molecular weight excluding hydrogens is 448 g/mol. The number of benzene rings is 2. The van der Waals surface area contributed by atoms with E-state index < -0.39 is 36.2 Å². The Morgan fingerprint density at radius 3 is 2.29 bits per heavy atom. The van der Waals surface area contributed by atoms with Crippen molar-refractivity contribution in [2.75, 3.05) is 12.3 Å². The third kappa shape index (κ3) is 6.12. The number of anilines is 1.